The fraction of sp³-hybridized carbons (Fsp3) is 0.400. The van der Waals surface area contributed by atoms with Gasteiger partial charge in [-0.05, 0) is 49.2 Å². The fourth-order valence-electron chi connectivity index (χ4n) is 2.89. The minimum absolute atomic E-state index is 0.0135. The Bertz CT molecular complexity index is 770. The Labute approximate surface area is 148 Å². The average molecular weight is 339 g/mol. The number of hydrogen-bond acceptors (Lipinski definition) is 3. The van der Waals surface area contributed by atoms with Crippen LogP contribution in [0, 0.1) is 0 Å². The molecule has 0 bridgehead atoms. The highest BCUT2D eigenvalue weighted by molar-refractivity contribution is 5.84. The summed E-state index contributed by atoms with van der Waals surface area (Å²) in [5.74, 6) is -0.0947. The van der Waals surface area contributed by atoms with Gasteiger partial charge in [0, 0.05) is 6.04 Å². The number of rotatable bonds is 7. The van der Waals surface area contributed by atoms with Crippen molar-refractivity contribution in [2.24, 2.45) is 0 Å². The third kappa shape index (κ3) is 5.03. The molecule has 1 atom stereocenters. The van der Waals surface area contributed by atoms with Crippen molar-refractivity contribution in [2.45, 2.75) is 31.8 Å². The van der Waals surface area contributed by atoms with E-state index >= 15 is 0 Å². The Hall–Kier alpha value is -2.40. The normalized spacial score (nSPS) is 15.2. The third-order valence-electron chi connectivity index (χ3n) is 4.42. The zero-order valence-electron chi connectivity index (χ0n) is 14.8. The lowest BCUT2D eigenvalue weighted by Crippen LogP contribution is -2.41. The molecule has 3 rings (SSSR count). The molecule has 0 spiro atoms. The van der Waals surface area contributed by atoms with E-state index in [9.17, 15) is 9.59 Å². The molecular formula is C20H25N3O2. The molecule has 2 N–H and O–H groups in total. The number of benzene rings is 2. The van der Waals surface area contributed by atoms with E-state index in [4.69, 9.17) is 0 Å². The van der Waals surface area contributed by atoms with E-state index in [-0.39, 0.29) is 30.9 Å². The first kappa shape index (κ1) is 17.4. The third-order valence-corrected chi connectivity index (χ3v) is 4.42. The highest BCUT2D eigenvalue weighted by Crippen LogP contribution is 2.20. The molecule has 0 aliphatic heterocycles. The Morgan fingerprint density at radius 1 is 1.08 bits per heavy atom. The first-order valence-corrected chi connectivity index (χ1v) is 8.77. The Morgan fingerprint density at radius 2 is 1.76 bits per heavy atom. The van der Waals surface area contributed by atoms with Gasteiger partial charge in [-0.15, -0.1) is 0 Å². The maximum absolute atomic E-state index is 12.2. The largest absolute Gasteiger partial charge is 0.352 e. The summed E-state index contributed by atoms with van der Waals surface area (Å²) in [4.78, 5) is 25.7. The lowest BCUT2D eigenvalue weighted by molar-refractivity contribution is -0.125. The summed E-state index contributed by atoms with van der Waals surface area (Å²) >= 11 is 0. The molecule has 132 valence electrons. The molecule has 1 unspecified atom stereocenters. The number of hydrogen-bond donors (Lipinski definition) is 2. The smallest absolute Gasteiger partial charge is 0.234 e. The highest BCUT2D eigenvalue weighted by Gasteiger charge is 2.23. The van der Waals surface area contributed by atoms with Crippen LogP contribution in [0.5, 0.6) is 0 Å². The van der Waals surface area contributed by atoms with Crippen LogP contribution in [0.25, 0.3) is 10.8 Å². The van der Waals surface area contributed by atoms with Crippen molar-refractivity contribution in [3.8, 4) is 0 Å². The van der Waals surface area contributed by atoms with Crippen molar-refractivity contribution in [3.63, 3.8) is 0 Å². The summed E-state index contributed by atoms with van der Waals surface area (Å²) in [5.41, 5.74) is 1.07. The lowest BCUT2D eigenvalue weighted by Gasteiger charge is -2.19. The molecule has 0 heterocycles. The van der Waals surface area contributed by atoms with Crippen molar-refractivity contribution in [3.05, 3.63) is 48.0 Å². The Morgan fingerprint density at radius 3 is 2.48 bits per heavy atom. The van der Waals surface area contributed by atoms with E-state index in [0.717, 1.165) is 23.8 Å². The molecule has 1 saturated carbocycles. The van der Waals surface area contributed by atoms with Gasteiger partial charge in [-0.3, -0.25) is 14.5 Å². The number of amides is 2. The molecule has 1 aliphatic carbocycles. The van der Waals surface area contributed by atoms with Crippen molar-refractivity contribution in [2.75, 3.05) is 20.1 Å². The molecule has 5 nitrogen and oxygen atoms in total. The molecule has 2 aromatic rings. The van der Waals surface area contributed by atoms with E-state index in [1.165, 1.54) is 5.39 Å². The second kappa shape index (κ2) is 7.66. The number of likely N-dealkylation sites (N-methyl/N-ethyl adjacent to an activating group) is 1. The van der Waals surface area contributed by atoms with Crippen molar-refractivity contribution >= 4 is 22.6 Å². The van der Waals surface area contributed by atoms with Crippen molar-refractivity contribution < 1.29 is 9.59 Å². The Kier molecular flexibility index (Phi) is 5.34. The van der Waals surface area contributed by atoms with Crippen LogP contribution in [0.3, 0.4) is 0 Å². The topological polar surface area (TPSA) is 61.4 Å². The van der Waals surface area contributed by atoms with Gasteiger partial charge in [0.2, 0.25) is 11.8 Å². The molecule has 2 amide bonds. The van der Waals surface area contributed by atoms with Crippen LogP contribution in [0.15, 0.2) is 42.5 Å². The van der Waals surface area contributed by atoms with Gasteiger partial charge in [-0.1, -0.05) is 36.4 Å². The van der Waals surface area contributed by atoms with Gasteiger partial charge < -0.3 is 10.6 Å². The van der Waals surface area contributed by atoms with Gasteiger partial charge in [0.05, 0.1) is 19.1 Å². The predicted octanol–water partition coefficient (Wildman–Crippen LogP) is 2.23. The molecule has 1 fully saturated rings. The second-order valence-corrected chi connectivity index (χ2v) is 6.91. The van der Waals surface area contributed by atoms with Crippen LogP contribution in [-0.4, -0.2) is 42.9 Å². The maximum atomic E-state index is 12.2. The summed E-state index contributed by atoms with van der Waals surface area (Å²) in [6, 6.07) is 14.7. The monoisotopic (exact) mass is 339 g/mol. The SMILES string of the molecule is CC(NC(=O)CN(C)CC(=O)NC1CC1)c1ccc2ccccc2c1. The molecule has 0 aromatic heterocycles. The molecule has 25 heavy (non-hydrogen) atoms. The molecule has 0 saturated heterocycles. The summed E-state index contributed by atoms with van der Waals surface area (Å²) in [6.07, 6.45) is 2.14. The van der Waals surface area contributed by atoms with E-state index in [2.05, 4.69) is 34.9 Å². The quantitative estimate of drug-likeness (QED) is 0.813. The van der Waals surface area contributed by atoms with Crippen LogP contribution in [0.4, 0.5) is 0 Å². The zero-order valence-corrected chi connectivity index (χ0v) is 14.8. The number of fused-ring (bicyclic) bond motifs is 1. The standard InChI is InChI=1S/C20H25N3O2/c1-14(16-8-7-15-5-3-4-6-17(15)11-16)21-19(24)12-23(2)13-20(25)22-18-9-10-18/h3-8,11,14,18H,9-10,12-13H2,1-2H3,(H,21,24)(H,22,25). The van der Waals surface area contributed by atoms with Gasteiger partial charge >= 0.3 is 0 Å². The highest BCUT2D eigenvalue weighted by atomic mass is 16.2. The molecule has 1 aliphatic rings. The van der Waals surface area contributed by atoms with E-state index in [0.29, 0.717) is 6.04 Å². The van der Waals surface area contributed by atoms with Gasteiger partial charge in [0.15, 0.2) is 0 Å². The maximum Gasteiger partial charge on any atom is 0.234 e. The van der Waals surface area contributed by atoms with Crippen molar-refractivity contribution in [1.82, 2.24) is 15.5 Å². The first-order valence-electron chi connectivity index (χ1n) is 8.77. The number of carbonyl (C=O) groups is 2. The minimum atomic E-state index is -0.0811. The Balaban J connectivity index is 1.51. The van der Waals surface area contributed by atoms with E-state index in [1.807, 2.05) is 25.1 Å². The van der Waals surface area contributed by atoms with Crippen LogP contribution in [-0.2, 0) is 9.59 Å². The van der Waals surface area contributed by atoms with Crippen molar-refractivity contribution in [1.29, 1.82) is 0 Å². The van der Waals surface area contributed by atoms with Gasteiger partial charge in [-0.25, -0.2) is 0 Å². The molecular weight excluding hydrogens is 314 g/mol. The lowest BCUT2D eigenvalue weighted by atomic mass is 10.0. The van der Waals surface area contributed by atoms with Gasteiger partial charge in [0.25, 0.3) is 0 Å². The summed E-state index contributed by atoms with van der Waals surface area (Å²) in [7, 11) is 1.78. The molecule has 5 heteroatoms. The van der Waals surface area contributed by atoms with Crippen LogP contribution in [0.1, 0.15) is 31.4 Å². The van der Waals surface area contributed by atoms with Gasteiger partial charge in [-0.2, -0.15) is 0 Å². The molecule has 0 radical (unpaired) electrons. The number of nitrogens with one attached hydrogen (secondary N) is 2. The summed E-state index contributed by atoms with van der Waals surface area (Å²) in [5, 5.41) is 8.28. The average Bonchev–Trinajstić information content (AvgIpc) is 3.37. The van der Waals surface area contributed by atoms with Crippen LogP contribution in [0.2, 0.25) is 0 Å². The van der Waals surface area contributed by atoms with E-state index in [1.54, 1.807) is 11.9 Å². The summed E-state index contributed by atoms with van der Waals surface area (Å²) < 4.78 is 0. The van der Waals surface area contributed by atoms with E-state index < -0.39 is 0 Å². The predicted molar refractivity (Wildman–Crippen MR) is 99.2 cm³/mol. The molecule has 2 aromatic carbocycles. The minimum Gasteiger partial charge on any atom is -0.352 e. The zero-order chi connectivity index (χ0) is 17.8. The van der Waals surface area contributed by atoms with Crippen LogP contribution >= 0.6 is 0 Å². The van der Waals surface area contributed by atoms with Gasteiger partial charge in [0.1, 0.15) is 0 Å². The first-order chi connectivity index (χ1) is 12.0. The van der Waals surface area contributed by atoms with Crippen LogP contribution < -0.4 is 10.6 Å². The summed E-state index contributed by atoms with van der Waals surface area (Å²) in [6.45, 7) is 2.42. The number of nitrogens with zero attached hydrogens (tertiary/aromatic N) is 1. The second-order valence-electron chi connectivity index (χ2n) is 6.91. The number of carbonyl (C=O) groups excluding carboxylic acids is 2. The fourth-order valence-corrected chi connectivity index (χ4v) is 2.89.